The Bertz CT molecular complexity index is 1800. The zero-order chi connectivity index (χ0) is 35.7. The van der Waals surface area contributed by atoms with E-state index >= 15 is 0 Å². The number of nitro groups is 1. The Balaban J connectivity index is 0.000000171. The number of nitro benzene ring substituents is 1. The van der Waals surface area contributed by atoms with Crippen LogP contribution in [0.25, 0.3) is 11.3 Å². The number of rotatable bonds is 4. The van der Waals surface area contributed by atoms with Crippen molar-refractivity contribution in [1.29, 1.82) is 0 Å². The molecular formula is C36H49BN8O5. The van der Waals surface area contributed by atoms with Gasteiger partial charge in [-0.2, -0.15) is 0 Å². The van der Waals surface area contributed by atoms with Crippen LogP contribution in [-0.4, -0.2) is 67.1 Å². The van der Waals surface area contributed by atoms with Crippen molar-refractivity contribution in [2.24, 2.45) is 0 Å². The van der Waals surface area contributed by atoms with Crippen molar-refractivity contribution in [3.63, 3.8) is 0 Å². The Morgan fingerprint density at radius 3 is 1.78 bits per heavy atom. The molecular weight excluding hydrogens is 635 g/mol. The number of nitrogens with zero attached hydrogens (tertiary/aromatic N) is 7. The van der Waals surface area contributed by atoms with Gasteiger partial charge < -0.3 is 20.0 Å². The van der Waals surface area contributed by atoms with Crippen molar-refractivity contribution >= 4 is 24.0 Å². The van der Waals surface area contributed by atoms with Crippen LogP contribution in [0.1, 0.15) is 75.0 Å². The fraction of sp³-hybridized carbons (Fsp3) is 0.444. The summed E-state index contributed by atoms with van der Waals surface area (Å²) < 4.78 is 11.7. The number of fused-ring (bicyclic) bond motifs is 2. The first-order valence-electron chi connectivity index (χ1n) is 16.3. The molecule has 4 aromatic rings. The van der Waals surface area contributed by atoms with Crippen LogP contribution >= 0.6 is 0 Å². The van der Waals surface area contributed by atoms with Gasteiger partial charge in [-0.15, -0.1) is 0 Å². The van der Waals surface area contributed by atoms with Crippen molar-refractivity contribution in [1.82, 2.24) is 29.7 Å². The highest BCUT2D eigenvalue weighted by Gasteiger charge is 2.51. The molecule has 0 radical (unpaired) electrons. The molecule has 2 aromatic heterocycles. The highest BCUT2D eigenvalue weighted by molar-refractivity contribution is 6.62. The van der Waals surface area contributed by atoms with Crippen molar-refractivity contribution in [2.75, 3.05) is 14.1 Å². The Morgan fingerprint density at radius 2 is 1.26 bits per heavy atom. The van der Waals surface area contributed by atoms with Crippen LogP contribution in [0.3, 0.4) is 0 Å². The molecule has 13 nitrogen and oxygen atoms in total. The first-order valence-corrected chi connectivity index (χ1v) is 16.3. The van der Waals surface area contributed by atoms with Gasteiger partial charge in [0.2, 0.25) is 0 Å². The number of non-ortho nitro benzene ring substituents is 1. The average molecular weight is 685 g/mol. The number of hydrogen-bond donors (Lipinski definition) is 1. The van der Waals surface area contributed by atoms with Gasteiger partial charge >= 0.3 is 7.12 Å². The van der Waals surface area contributed by atoms with Crippen molar-refractivity contribution in [2.45, 2.75) is 93.3 Å². The first-order chi connectivity index (χ1) is 23.1. The lowest BCUT2D eigenvalue weighted by Gasteiger charge is -2.32. The van der Waals surface area contributed by atoms with Crippen LogP contribution in [0.2, 0.25) is 0 Å². The normalized spacial score (nSPS) is 17.1. The molecule has 0 spiro atoms. The molecule has 266 valence electrons. The number of aryl methyl sites for hydroxylation is 3. The van der Waals surface area contributed by atoms with E-state index in [0.29, 0.717) is 5.69 Å². The predicted molar refractivity (Wildman–Crippen MR) is 195 cm³/mol. The summed E-state index contributed by atoms with van der Waals surface area (Å²) in [5.41, 5.74) is 9.61. The summed E-state index contributed by atoms with van der Waals surface area (Å²) in [7, 11) is 3.71. The Kier molecular flexibility index (Phi) is 11.9. The van der Waals surface area contributed by atoms with E-state index in [1.54, 1.807) is 12.1 Å². The molecule has 0 amide bonds. The molecule has 7 rings (SSSR count). The molecule has 5 heterocycles. The van der Waals surface area contributed by atoms with Crippen LogP contribution in [0, 0.1) is 36.1 Å². The number of hydrogen-bond acceptors (Lipinski definition) is 11. The second-order valence-electron chi connectivity index (χ2n) is 13.8. The summed E-state index contributed by atoms with van der Waals surface area (Å²) in [6.45, 7) is 17.5. The van der Waals surface area contributed by atoms with E-state index in [9.17, 15) is 15.3 Å². The fourth-order valence-electron chi connectivity index (χ4n) is 5.95. The van der Waals surface area contributed by atoms with Gasteiger partial charge in [0.05, 0.1) is 33.2 Å². The first kappa shape index (κ1) is 38.6. The summed E-state index contributed by atoms with van der Waals surface area (Å²) in [5, 5.41) is 21.3. The third kappa shape index (κ3) is 8.57. The van der Waals surface area contributed by atoms with E-state index in [1.807, 2.05) is 65.8 Å². The topological polar surface area (TPSA) is 159 Å². The van der Waals surface area contributed by atoms with Gasteiger partial charge in [0, 0.05) is 60.7 Å². The minimum atomic E-state index is -0.476. The number of aromatic nitrogens is 4. The predicted octanol–water partition coefficient (Wildman–Crippen LogP) is 4.66. The molecule has 0 aliphatic carbocycles. The summed E-state index contributed by atoms with van der Waals surface area (Å²) in [6, 6.07) is 13.8. The van der Waals surface area contributed by atoms with E-state index in [-0.39, 0.29) is 13.1 Å². The third-order valence-electron chi connectivity index (χ3n) is 9.26. The van der Waals surface area contributed by atoms with Gasteiger partial charge in [0.1, 0.15) is 17.3 Å². The molecule has 0 bridgehead atoms. The highest BCUT2D eigenvalue weighted by atomic mass is 16.7. The molecule has 2 N–H and O–H groups in total. The van der Waals surface area contributed by atoms with E-state index < -0.39 is 23.2 Å². The summed E-state index contributed by atoms with van der Waals surface area (Å²) in [4.78, 5) is 32.5. The molecule has 0 unspecified atom stereocenters. The molecule has 3 aliphatic heterocycles. The minimum Gasteiger partial charge on any atom is -0.630 e. The largest absolute Gasteiger partial charge is 0.630 e. The Labute approximate surface area is 295 Å². The van der Waals surface area contributed by atoms with Gasteiger partial charge in [0.25, 0.3) is 5.69 Å². The average Bonchev–Trinajstić information content (AvgIpc) is 3.67. The van der Waals surface area contributed by atoms with Gasteiger partial charge in [-0.05, 0) is 92.3 Å². The van der Waals surface area contributed by atoms with Crippen LogP contribution in [0.5, 0.6) is 0 Å². The zero-order valence-corrected chi connectivity index (χ0v) is 29.8. The molecule has 0 atom stereocenters. The third-order valence-corrected chi connectivity index (χ3v) is 9.26. The quantitative estimate of drug-likeness (QED) is 0.138. The lowest BCUT2D eigenvalue weighted by Crippen LogP contribution is -2.70. The molecule has 1 fully saturated rings. The summed E-state index contributed by atoms with van der Waals surface area (Å²) in [6.07, 6.45) is 0. The van der Waals surface area contributed by atoms with Crippen LogP contribution < -0.4 is 10.9 Å². The van der Waals surface area contributed by atoms with Crippen molar-refractivity contribution < 1.29 is 19.7 Å². The van der Waals surface area contributed by atoms with Crippen molar-refractivity contribution in [3.8, 4) is 11.3 Å². The number of benzene rings is 2. The van der Waals surface area contributed by atoms with Gasteiger partial charge in [-0.25, -0.2) is 19.9 Å². The van der Waals surface area contributed by atoms with Crippen molar-refractivity contribution in [3.05, 3.63) is 104 Å². The molecule has 50 heavy (non-hydrogen) atoms. The molecule has 1 saturated heterocycles. The lowest BCUT2D eigenvalue weighted by atomic mass is 9.79. The van der Waals surface area contributed by atoms with E-state index in [4.69, 9.17) is 9.31 Å². The minimum absolute atomic E-state index is 0. The highest BCUT2D eigenvalue weighted by Crippen LogP contribution is 2.36. The lowest BCUT2D eigenvalue weighted by molar-refractivity contribution is -0.497. The van der Waals surface area contributed by atoms with Crippen LogP contribution in [0.4, 0.5) is 11.4 Å². The van der Waals surface area contributed by atoms with E-state index in [2.05, 4.69) is 50.8 Å². The monoisotopic (exact) mass is 684 g/mol. The maximum absolute atomic E-state index is 10.7. The standard InChI is InChI=1S/C14H16N4O.C12H16BNO4.C9H13N3.CH4/c1-9-15-13-8-18(2)7-12(13)14(16-9)10-3-5-11(17-19)6-4-10;1-11(2)12(3,4)18-13(17-11)9-5-7-10(8-6-9)14(15)16;1-6-8-4-12(3)5-9(8)11-7(2)10-6;/h3-6H,7-8,17H2,1-2H3;5-8H,1-4H3;4-5H2,1-3H3;1H4. The second-order valence-corrected chi connectivity index (χ2v) is 13.8. The molecule has 0 saturated carbocycles. The van der Waals surface area contributed by atoms with Crippen LogP contribution in [0.15, 0.2) is 48.5 Å². The maximum Gasteiger partial charge on any atom is 0.494 e. The molecule has 2 aromatic carbocycles. The van der Waals surface area contributed by atoms with Gasteiger partial charge in [-0.3, -0.25) is 19.9 Å². The number of quaternary nitrogens is 1. The van der Waals surface area contributed by atoms with E-state index in [0.717, 1.165) is 71.4 Å². The van der Waals surface area contributed by atoms with E-state index in [1.165, 1.54) is 29.0 Å². The maximum atomic E-state index is 10.7. The fourth-order valence-corrected chi connectivity index (χ4v) is 5.95. The zero-order valence-electron chi connectivity index (χ0n) is 29.8. The Morgan fingerprint density at radius 1 is 0.760 bits per heavy atom. The van der Waals surface area contributed by atoms with Gasteiger partial charge in [0.15, 0.2) is 0 Å². The summed E-state index contributed by atoms with van der Waals surface area (Å²) >= 11 is 0. The summed E-state index contributed by atoms with van der Waals surface area (Å²) in [5.74, 6) is 1.69. The van der Waals surface area contributed by atoms with Crippen LogP contribution in [-0.2, 0) is 35.5 Å². The Hall–Kier alpha value is -4.18. The number of nitrogens with two attached hydrogens (primary N) is 1. The second kappa shape index (κ2) is 15.4. The molecule has 14 heteroatoms. The smallest absolute Gasteiger partial charge is 0.494 e. The SMILES string of the molecule is C.CC1(C)OB(c2ccc([N+](=O)[O-])cc2)OC1(C)C.Cc1nc(C)c2c(n1)CN(C)C2.Cc1nc2c(c(-c3ccc([NH2+][O-])cc3)n1)CN(C)C2. The molecule has 3 aliphatic rings. The van der Waals surface area contributed by atoms with Gasteiger partial charge in [-0.1, -0.05) is 19.6 Å².